The van der Waals surface area contributed by atoms with Crippen LogP contribution in [-0.2, 0) is 19.5 Å². The maximum atomic E-state index is 4.57. The number of hydrogen-bond donors (Lipinski definition) is 0. The molecule has 1 aromatic carbocycles. The Morgan fingerprint density at radius 1 is 1.17 bits per heavy atom. The first kappa shape index (κ1) is 15.5. The van der Waals surface area contributed by atoms with Gasteiger partial charge in [-0.25, -0.2) is 9.97 Å². The highest BCUT2D eigenvalue weighted by Gasteiger charge is 2.18. The van der Waals surface area contributed by atoms with E-state index in [-0.39, 0.29) is 0 Å². The second-order valence-corrected chi connectivity index (χ2v) is 7.65. The van der Waals surface area contributed by atoms with E-state index in [1.807, 2.05) is 24.5 Å². The van der Waals surface area contributed by atoms with Crippen LogP contribution < -0.4 is 0 Å². The van der Waals surface area contributed by atoms with Crippen LogP contribution in [-0.4, -0.2) is 21.4 Å². The zero-order valence-electron chi connectivity index (χ0n) is 14.1. The normalized spacial score (nSPS) is 14.6. The first-order valence-electron chi connectivity index (χ1n) is 8.37. The summed E-state index contributed by atoms with van der Waals surface area (Å²) in [5.74, 6) is 0.878. The van der Waals surface area contributed by atoms with Gasteiger partial charge in [0.2, 0.25) is 0 Å². The van der Waals surface area contributed by atoms with Crippen molar-refractivity contribution in [1.29, 1.82) is 0 Å². The van der Waals surface area contributed by atoms with Crippen LogP contribution in [0.4, 0.5) is 0 Å². The van der Waals surface area contributed by atoms with Gasteiger partial charge in [0.25, 0.3) is 0 Å². The molecule has 0 saturated heterocycles. The van der Waals surface area contributed by atoms with Gasteiger partial charge in [0.15, 0.2) is 0 Å². The molecule has 0 N–H and O–H groups in total. The lowest BCUT2D eigenvalue weighted by Gasteiger charge is -2.27. The minimum absolute atomic E-state index is 0.878. The SMILES string of the molecule is Cc1cccc(-c2ccc(CN3CCc4nc(C)ncc4C3)s2)c1. The Morgan fingerprint density at radius 3 is 2.96 bits per heavy atom. The van der Waals surface area contributed by atoms with Crippen molar-refractivity contribution in [3.63, 3.8) is 0 Å². The molecule has 3 nitrogen and oxygen atoms in total. The molecule has 0 saturated carbocycles. The average Bonchev–Trinajstić information content (AvgIpc) is 3.03. The van der Waals surface area contributed by atoms with Crippen molar-refractivity contribution in [3.05, 3.63) is 70.1 Å². The molecule has 3 heterocycles. The van der Waals surface area contributed by atoms with E-state index in [0.717, 1.165) is 31.9 Å². The monoisotopic (exact) mass is 335 g/mol. The van der Waals surface area contributed by atoms with E-state index in [2.05, 4.69) is 58.2 Å². The third kappa shape index (κ3) is 3.25. The molecular formula is C20H21N3S. The number of nitrogens with zero attached hydrogens (tertiary/aromatic N) is 3. The largest absolute Gasteiger partial charge is 0.293 e. The van der Waals surface area contributed by atoms with Crippen LogP contribution in [0.15, 0.2) is 42.6 Å². The molecular weight excluding hydrogens is 314 g/mol. The van der Waals surface area contributed by atoms with Crippen LogP contribution in [0.5, 0.6) is 0 Å². The standard InChI is InChI=1S/C20H21N3S/c1-14-4-3-5-16(10-14)20-7-6-18(24-20)13-23-9-8-19-17(12-23)11-21-15(2)22-19/h3-7,10-11H,8-9,12-13H2,1-2H3. The predicted molar refractivity (Wildman–Crippen MR) is 99.1 cm³/mol. The molecule has 122 valence electrons. The summed E-state index contributed by atoms with van der Waals surface area (Å²) in [6.07, 6.45) is 3.02. The molecule has 24 heavy (non-hydrogen) atoms. The minimum Gasteiger partial charge on any atom is -0.293 e. The Hall–Kier alpha value is -2.04. The summed E-state index contributed by atoms with van der Waals surface area (Å²) in [5, 5.41) is 0. The molecule has 1 aliphatic rings. The van der Waals surface area contributed by atoms with Crippen LogP contribution >= 0.6 is 11.3 Å². The molecule has 2 aromatic heterocycles. The second-order valence-electron chi connectivity index (χ2n) is 6.49. The van der Waals surface area contributed by atoms with Crippen LogP contribution in [0.2, 0.25) is 0 Å². The van der Waals surface area contributed by atoms with Gasteiger partial charge in [-0.15, -0.1) is 11.3 Å². The van der Waals surface area contributed by atoms with Gasteiger partial charge in [-0.05, 0) is 31.5 Å². The topological polar surface area (TPSA) is 29.0 Å². The van der Waals surface area contributed by atoms with E-state index < -0.39 is 0 Å². The molecule has 0 aliphatic carbocycles. The Bertz CT molecular complexity index is 869. The zero-order valence-corrected chi connectivity index (χ0v) is 14.9. The number of rotatable bonds is 3. The summed E-state index contributed by atoms with van der Waals surface area (Å²) >= 11 is 1.90. The number of thiophene rings is 1. The third-order valence-corrected chi connectivity index (χ3v) is 5.60. The van der Waals surface area contributed by atoms with Gasteiger partial charge in [-0.1, -0.05) is 29.8 Å². The van der Waals surface area contributed by atoms with Gasteiger partial charge in [-0.2, -0.15) is 0 Å². The van der Waals surface area contributed by atoms with Gasteiger partial charge in [0, 0.05) is 53.3 Å². The van der Waals surface area contributed by atoms with Gasteiger partial charge in [0.05, 0.1) is 0 Å². The highest BCUT2D eigenvalue weighted by molar-refractivity contribution is 7.15. The number of fused-ring (bicyclic) bond motifs is 1. The summed E-state index contributed by atoms with van der Waals surface area (Å²) in [6.45, 7) is 7.14. The molecule has 4 rings (SSSR count). The maximum absolute atomic E-state index is 4.57. The van der Waals surface area contributed by atoms with E-state index in [1.165, 1.54) is 32.1 Å². The summed E-state index contributed by atoms with van der Waals surface area (Å²) < 4.78 is 0. The number of benzene rings is 1. The van der Waals surface area contributed by atoms with Crippen LogP contribution in [0, 0.1) is 13.8 Å². The van der Waals surface area contributed by atoms with E-state index in [4.69, 9.17) is 0 Å². The van der Waals surface area contributed by atoms with Gasteiger partial charge < -0.3 is 0 Å². The molecule has 1 aliphatic heterocycles. The Morgan fingerprint density at radius 2 is 2.08 bits per heavy atom. The number of aryl methyl sites for hydroxylation is 2. The fourth-order valence-corrected chi connectivity index (χ4v) is 4.29. The lowest BCUT2D eigenvalue weighted by atomic mass is 10.1. The van der Waals surface area contributed by atoms with Gasteiger partial charge >= 0.3 is 0 Å². The minimum atomic E-state index is 0.878. The average molecular weight is 335 g/mol. The highest BCUT2D eigenvalue weighted by atomic mass is 32.1. The summed E-state index contributed by atoms with van der Waals surface area (Å²) in [4.78, 5) is 14.2. The van der Waals surface area contributed by atoms with Crippen molar-refractivity contribution in [3.8, 4) is 10.4 Å². The van der Waals surface area contributed by atoms with Crippen LogP contribution in [0.25, 0.3) is 10.4 Å². The van der Waals surface area contributed by atoms with E-state index in [0.29, 0.717) is 0 Å². The maximum Gasteiger partial charge on any atom is 0.125 e. The fraction of sp³-hybridized carbons (Fsp3) is 0.300. The first-order valence-corrected chi connectivity index (χ1v) is 9.18. The highest BCUT2D eigenvalue weighted by Crippen LogP contribution is 2.30. The second kappa shape index (κ2) is 6.46. The van der Waals surface area contributed by atoms with Crippen molar-refractivity contribution in [2.45, 2.75) is 33.4 Å². The van der Waals surface area contributed by atoms with Crippen LogP contribution in [0.1, 0.15) is 27.5 Å². The van der Waals surface area contributed by atoms with Gasteiger partial charge in [0.1, 0.15) is 5.82 Å². The number of hydrogen-bond acceptors (Lipinski definition) is 4. The van der Waals surface area contributed by atoms with Crippen molar-refractivity contribution in [2.75, 3.05) is 6.54 Å². The molecule has 0 fully saturated rings. The van der Waals surface area contributed by atoms with E-state index in [9.17, 15) is 0 Å². The Balaban J connectivity index is 1.48. The van der Waals surface area contributed by atoms with Crippen molar-refractivity contribution in [2.24, 2.45) is 0 Å². The number of aromatic nitrogens is 2. The fourth-order valence-electron chi connectivity index (χ4n) is 3.25. The van der Waals surface area contributed by atoms with Crippen molar-refractivity contribution in [1.82, 2.24) is 14.9 Å². The Kier molecular flexibility index (Phi) is 4.17. The third-order valence-electron chi connectivity index (χ3n) is 4.48. The summed E-state index contributed by atoms with van der Waals surface area (Å²) in [7, 11) is 0. The molecule has 0 spiro atoms. The first-order chi connectivity index (χ1) is 11.7. The molecule has 0 amide bonds. The van der Waals surface area contributed by atoms with Gasteiger partial charge in [-0.3, -0.25) is 4.90 Å². The molecule has 0 bridgehead atoms. The molecule has 3 aromatic rings. The smallest absolute Gasteiger partial charge is 0.125 e. The molecule has 0 radical (unpaired) electrons. The molecule has 0 atom stereocenters. The van der Waals surface area contributed by atoms with Crippen molar-refractivity contribution >= 4 is 11.3 Å². The lowest BCUT2D eigenvalue weighted by Crippen LogP contribution is -2.30. The Labute approximate surface area is 147 Å². The molecule has 4 heteroatoms. The summed E-state index contributed by atoms with van der Waals surface area (Å²) in [6, 6.07) is 13.2. The van der Waals surface area contributed by atoms with Crippen LogP contribution in [0.3, 0.4) is 0 Å². The predicted octanol–water partition coefficient (Wildman–Crippen LogP) is 4.38. The quantitative estimate of drug-likeness (QED) is 0.711. The van der Waals surface area contributed by atoms with Crippen molar-refractivity contribution < 1.29 is 0 Å². The van der Waals surface area contributed by atoms with E-state index in [1.54, 1.807) is 0 Å². The molecule has 0 unspecified atom stereocenters. The zero-order chi connectivity index (χ0) is 16.5. The lowest BCUT2D eigenvalue weighted by molar-refractivity contribution is 0.245. The van der Waals surface area contributed by atoms with E-state index >= 15 is 0 Å². The summed E-state index contributed by atoms with van der Waals surface area (Å²) in [5.41, 5.74) is 5.14.